The Morgan fingerprint density at radius 1 is 1.20 bits per heavy atom. The first-order chi connectivity index (χ1) is 16.9. The molecule has 2 fully saturated rings. The van der Waals surface area contributed by atoms with Crippen LogP contribution in [0.1, 0.15) is 48.1 Å². The van der Waals surface area contributed by atoms with Crippen LogP contribution >= 0.6 is 0 Å². The highest BCUT2D eigenvalue weighted by molar-refractivity contribution is 5.96. The zero-order valence-electron chi connectivity index (χ0n) is 19.8. The van der Waals surface area contributed by atoms with E-state index in [0.29, 0.717) is 24.6 Å². The fraction of sp³-hybridized carbons (Fsp3) is 0.385. The van der Waals surface area contributed by atoms with E-state index in [1.807, 2.05) is 34.8 Å². The molecule has 2 aliphatic rings. The van der Waals surface area contributed by atoms with E-state index in [1.54, 1.807) is 31.5 Å². The second kappa shape index (κ2) is 9.29. The summed E-state index contributed by atoms with van der Waals surface area (Å²) in [5.41, 5.74) is 3.93. The molecule has 0 bridgehead atoms. The van der Waals surface area contributed by atoms with Crippen LogP contribution in [0.2, 0.25) is 0 Å². The minimum Gasteiger partial charge on any atom is -0.338 e. The fourth-order valence-corrected chi connectivity index (χ4v) is 4.17. The number of carbonyl (C=O) groups excluding carboxylic acids is 2. The molecule has 2 aromatic heterocycles. The molecule has 3 aromatic rings. The zero-order chi connectivity index (χ0) is 24.5. The summed E-state index contributed by atoms with van der Waals surface area (Å²) < 4.78 is 1.89. The third-order valence-corrected chi connectivity index (χ3v) is 6.50. The number of aromatic nitrogens is 4. The third-order valence-electron chi connectivity index (χ3n) is 6.50. The molecule has 178 valence electrons. The van der Waals surface area contributed by atoms with Gasteiger partial charge in [-0.1, -0.05) is 24.3 Å². The van der Waals surface area contributed by atoms with Gasteiger partial charge in [-0.15, -0.1) is 0 Å². The van der Waals surface area contributed by atoms with Crippen molar-refractivity contribution >= 4 is 23.3 Å². The molecule has 1 saturated heterocycles. The lowest BCUT2D eigenvalue weighted by atomic mass is 9.99. The van der Waals surface area contributed by atoms with Gasteiger partial charge in [-0.05, 0) is 32.3 Å². The summed E-state index contributed by atoms with van der Waals surface area (Å²) in [6.45, 7) is 5.09. The quantitative estimate of drug-likeness (QED) is 0.497. The van der Waals surface area contributed by atoms with Crippen molar-refractivity contribution in [1.29, 1.82) is 5.26 Å². The topological polar surface area (TPSA) is 117 Å². The highest BCUT2D eigenvalue weighted by atomic mass is 16.2. The number of carbonyl (C=O) groups is 2. The summed E-state index contributed by atoms with van der Waals surface area (Å²) in [6, 6.07) is 9.58. The van der Waals surface area contributed by atoms with Gasteiger partial charge < -0.3 is 10.2 Å². The predicted molar refractivity (Wildman–Crippen MR) is 130 cm³/mol. The van der Waals surface area contributed by atoms with Crippen LogP contribution in [0.25, 0.3) is 11.3 Å². The number of likely N-dealkylation sites (tertiary alicyclic amines) is 1. The maximum Gasteiger partial charge on any atom is 0.227 e. The smallest absolute Gasteiger partial charge is 0.227 e. The summed E-state index contributed by atoms with van der Waals surface area (Å²) in [7, 11) is 0. The fourth-order valence-electron chi connectivity index (χ4n) is 4.17. The summed E-state index contributed by atoms with van der Waals surface area (Å²) in [6.07, 6.45) is 7.67. The lowest BCUT2D eigenvalue weighted by molar-refractivity contribution is -0.138. The van der Waals surface area contributed by atoms with Gasteiger partial charge in [-0.3, -0.25) is 14.3 Å². The second-order valence-corrected chi connectivity index (χ2v) is 9.47. The highest BCUT2D eigenvalue weighted by Crippen LogP contribution is 2.34. The van der Waals surface area contributed by atoms with Crippen LogP contribution in [0.3, 0.4) is 0 Å². The largest absolute Gasteiger partial charge is 0.338 e. The first kappa shape index (κ1) is 22.7. The molecular weight excluding hydrogens is 442 g/mol. The molecule has 1 atom stereocenters. The number of amides is 1. The van der Waals surface area contributed by atoms with Crippen LogP contribution in [-0.2, 0) is 4.79 Å². The van der Waals surface area contributed by atoms with Crippen LogP contribution in [0.5, 0.6) is 0 Å². The van der Waals surface area contributed by atoms with Crippen molar-refractivity contribution in [3.8, 4) is 17.3 Å². The van der Waals surface area contributed by atoms with Crippen molar-refractivity contribution in [3.05, 3.63) is 54.0 Å². The van der Waals surface area contributed by atoms with Crippen LogP contribution in [-0.4, -0.2) is 49.4 Å². The van der Waals surface area contributed by atoms with E-state index in [0.717, 1.165) is 35.3 Å². The molecule has 0 unspecified atom stereocenters. The number of hydrogen-bond donors (Lipinski definition) is 1. The molecule has 1 N–H and O–H groups in total. The van der Waals surface area contributed by atoms with E-state index in [9.17, 15) is 9.59 Å². The van der Waals surface area contributed by atoms with Crippen LogP contribution < -0.4 is 5.32 Å². The zero-order valence-corrected chi connectivity index (χ0v) is 19.8. The summed E-state index contributed by atoms with van der Waals surface area (Å²) in [5.74, 6) is 0.630. The van der Waals surface area contributed by atoms with Gasteiger partial charge in [0, 0.05) is 48.9 Å². The molecule has 9 nitrogen and oxygen atoms in total. The van der Waals surface area contributed by atoms with E-state index in [4.69, 9.17) is 5.26 Å². The third kappa shape index (κ3) is 4.92. The first-order valence-corrected chi connectivity index (χ1v) is 11.9. The molecule has 1 aliphatic carbocycles. The number of rotatable bonds is 8. The molecule has 1 saturated carbocycles. The summed E-state index contributed by atoms with van der Waals surface area (Å²) in [5, 5.41) is 16.6. The Hall–Kier alpha value is -4.06. The van der Waals surface area contributed by atoms with Crippen molar-refractivity contribution in [3.63, 3.8) is 0 Å². The van der Waals surface area contributed by atoms with Gasteiger partial charge in [0.2, 0.25) is 11.9 Å². The van der Waals surface area contributed by atoms with E-state index in [1.165, 1.54) is 0 Å². The average Bonchev–Trinajstić information content (AvgIpc) is 3.59. The standard InChI is InChI=1S/C26H27N7O2/c1-16(10-27)9-23(34)18-3-5-19(6-4-18)24-17(2)11-28-26(31-24)30-21-12-29-33(13-21)22-14-32(15-22)25(35)20-7-8-20/h3-6,11-13,16,20,22H,7-9,14-15H2,1-2H3,(H,28,30,31)/t16-/m1/s1. The second-order valence-electron chi connectivity index (χ2n) is 9.47. The molecule has 1 aromatic carbocycles. The van der Waals surface area contributed by atoms with Crippen LogP contribution in [0.15, 0.2) is 42.9 Å². The Labute approximate surface area is 203 Å². The Morgan fingerprint density at radius 2 is 1.94 bits per heavy atom. The molecule has 35 heavy (non-hydrogen) atoms. The Morgan fingerprint density at radius 3 is 2.63 bits per heavy atom. The predicted octanol–water partition coefficient (Wildman–Crippen LogP) is 3.92. The summed E-state index contributed by atoms with van der Waals surface area (Å²) in [4.78, 5) is 35.5. The molecule has 5 rings (SSSR count). The lowest BCUT2D eigenvalue weighted by Crippen LogP contribution is -2.51. The Bertz CT molecular complexity index is 1300. The first-order valence-electron chi connectivity index (χ1n) is 11.9. The molecule has 9 heteroatoms. The van der Waals surface area contributed by atoms with Gasteiger partial charge >= 0.3 is 0 Å². The minimum absolute atomic E-state index is 0.0455. The molecule has 1 amide bonds. The number of nitrogens with zero attached hydrogens (tertiary/aromatic N) is 6. The summed E-state index contributed by atoms with van der Waals surface area (Å²) >= 11 is 0. The average molecular weight is 470 g/mol. The molecule has 0 radical (unpaired) electrons. The molecule has 0 spiro atoms. The number of benzene rings is 1. The SMILES string of the molecule is Cc1cnc(Nc2cnn(C3CN(C(=O)C4CC4)C3)c2)nc1-c1ccc(C(=O)C[C@@H](C)C#N)cc1. The Balaban J connectivity index is 1.24. The van der Waals surface area contributed by atoms with Gasteiger partial charge in [0.05, 0.1) is 35.6 Å². The monoisotopic (exact) mass is 469 g/mol. The van der Waals surface area contributed by atoms with Gasteiger partial charge in [-0.25, -0.2) is 9.97 Å². The number of anilines is 2. The maximum absolute atomic E-state index is 12.3. The van der Waals surface area contributed by atoms with Crippen molar-refractivity contribution in [2.45, 2.75) is 39.2 Å². The molecule has 1 aliphatic heterocycles. The van der Waals surface area contributed by atoms with Crippen molar-refractivity contribution in [2.75, 3.05) is 18.4 Å². The van der Waals surface area contributed by atoms with E-state index in [-0.39, 0.29) is 36.0 Å². The number of hydrogen-bond acceptors (Lipinski definition) is 7. The minimum atomic E-state index is -0.308. The number of ketones is 1. The van der Waals surface area contributed by atoms with Crippen molar-refractivity contribution < 1.29 is 9.59 Å². The van der Waals surface area contributed by atoms with Crippen LogP contribution in [0, 0.1) is 30.1 Å². The maximum atomic E-state index is 12.3. The highest BCUT2D eigenvalue weighted by Gasteiger charge is 2.40. The normalized spacial score (nSPS) is 16.3. The number of nitriles is 1. The lowest BCUT2D eigenvalue weighted by Gasteiger charge is -2.39. The molecular formula is C26H27N7O2. The number of nitrogens with one attached hydrogen (secondary N) is 1. The number of aryl methyl sites for hydroxylation is 1. The van der Waals surface area contributed by atoms with E-state index >= 15 is 0 Å². The van der Waals surface area contributed by atoms with Crippen LogP contribution in [0.4, 0.5) is 11.6 Å². The van der Waals surface area contributed by atoms with Gasteiger partial charge in [0.15, 0.2) is 5.78 Å². The van der Waals surface area contributed by atoms with E-state index < -0.39 is 0 Å². The van der Waals surface area contributed by atoms with Gasteiger partial charge in [-0.2, -0.15) is 10.4 Å². The molecule has 3 heterocycles. The Kier molecular flexibility index (Phi) is 6.03. The van der Waals surface area contributed by atoms with Crippen molar-refractivity contribution in [1.82, 2.24) is 24.6 Å². The number of Topliss-reactive ketones (excluding diaryl/α,β-unsaturated/α-hetero) is 1. The van der Waals surface area contributed by atoms with Gasteiger partial charge in [0.25, 0.3) is 0 Å². The van der Waals surface area contributed by atoms with Gasteiger partial charge in [0.1, 0.15) is 0 Å². The van der Waals surface area contributed by atoms with E-state index in [2.05, 4.69) is 26.5 Å². The van der Waals surface area contributed by atoms with Crippen molar-refractivity contribution in [2.24, 2.45) is 11.8 Å².